The van der Waals surface area contributed by atoms with Crippen LogP contribution in [0.1, 0.15) is 97.3 Å². The van der Waals surface area contributed by atoms with Gasteiger partial charge in [-0.3, -0.25) is 4.18 Å². The van der Waals surface area contributed by atoms with Crippen molar-refractivity contribution in [1.29, 1.82) is 0 Å². The molecule has 0 bridgehead atoms. The third-order valence-electron chi connectivity index (χ3n) is 3.97. The summed E-state index contributed by atoms with van der Waals surface area (Å²) in [5, 5.41) is 0. The zero-order chi connectivity index (χ0) is 16.7. The van der Waals surface area contributed by atoms with Gasteiger partial charge in [0.15, 0.2) is 0 Å². The Balaban J connectivity index is 3.06. The van der Waals surface area contributed by atoms with E-state index < -0.39 is 10.1 Å². The third-order valence-corrected chi connectivity index (χ3v) is 4.57. The number of unbranched alkanes of at least 4 members (excludes halogenated alkanes) is 11. The molecule has 0 aromatic heterocycles. The molecule has 0 fully saturated rings. The van der Waals surface area contributed by atoms with Gasteiger partial charge in [0.1, 0.15) is 0 Å². The van der Waals surface area contributed by atoms with Crippen molar-refractivity contribution < 1.29 is 12.6 Å². The van der Waals surface area contributed by atoms with Crippen LogP contribution in [0.15, 0.2) is 0 Å². The Hall–Kier alpha value is -0.0900. The first-order valence-electron chi connectivity index (χ1n) is 9.26. The SMILES string of the molecule is CC(C)CCCCCCCCCCCCCCOS(C)(=O)=O. The van der Waals surface area contributed by atoms with Crippen LogP contribution in [0.3, 0.4) is 0 Å². The highest BCUT2D eigenvalue weighted by atomic mass is 32.2. The normalized spacial score (nSPS) is 12.2. The van der Waals surface area contributed by atoms with E-state index >= 15 is 0 Å². The second-order valence-electron chi connectivity index (χ2n) is 6.95. The zero-order valence-corrected chi connectivity index (χ0v) is 15.9. The summed E-state index contributed by atoms with van der Waals surface area (Å²) >= 11 is 0. The molecule has 0 saturated carbocycles. The van der Waals surface area contributed by atoms with Crippen LogP contribution in [0.4, 0.5) is 0 Å². The van der Waals surface area contributed by atoms with Crippen molar-refractivity contribution in [3.05, 3.63) is 0 Å². The van der Waals surface area contributed by atoms with Crippen molar-refractivity contribution in [2.24, 2.45) is 5.92 Å². The summed E-state index contributed by atoms with van der Waals surface area (Å²) in [5.41, 5.74) is 0. The molecular weight excluding hydrogens is 296 g/mol. The second-order valence-corrected chi connectivity index (χ2v) is 8.60. The van der Waals surface area contributed by atoms with Gasteiger partial charge in [-0.1, -0.05) is 90.9 Å². The molecule has 4 heteroatoms. The Morgan fingerprint density at radius 1 is 0.682 bits per heavy atom. The van der Waals surface area contributed by atoms with E-state index in [0.717, 1.165) is 25.0 Å². The fourth-order valence-electron chi connectivity index (χ4n) is 2.63. The summed E-state index contributed by atoms with van der Waals surface area (Å²) in [5.74, 6) is 0.859. The first-order valence-corrected chi connectivity index (χ1v) is 11.1. The van der Waals surface area contributed by atoms with E-state index in [-0.39, 0.29) is 0 Å². The molecule has 22 heavy (non-hydrogen) atoms. The summed E-state index contributed by atoms with van der Waals surface area (Å²) in [6.45, 7) is 4.95. The molecule has 0 radical (unpaired) electrons. The quantitative estimate of drug-likeness (QED) is 0.269. The van der Waals surface area contributed by atoms with E-state index in [1.807, 2.05) is 0 Å². The van der Waals surface area contributed by atoms with Gasteiger partial charge in [0.25, 0.3) is 10.1 Å². The van der Waals surface area contributed by atoms with Crippen LogP contribution in [-0.2, 0) is 14.3 Å². The van der Waals surface area contributed by atoms with Gasteiger partial charge in [-0.25, -0.2) is 0 Å². The summed E-state index contributed by atoms with van der Waals surface area (Å²) in [7, 11) is -3.24. The van der Waals surface area contributed by atoms with Crippen molar-refractivity contribution >= 4 is 10.1 Å². The van der Waals surface area contributed by atoms with Crippen LogP contribution >= 0.6 is 0 Å². The minimum atomic E-state index is -3.24. The molecule has 0 aliphatic rings. The van der Waals surface area contributed by atoms with E-state index in [1.165, 1.54) is 70.6 Å². The van der Waals surface area contributed by atoms with Gasteiger partial charge in [-0.2, -0.15) is 8.42 Å². The lowest BCUT2D eigenvalue weighted by Gasteiger charge is -2.05. The fourth-order valence-corrected chi connectivity index (χ4v) is 3.05. The molecule has 0 rings (SSSR count). The van der Waals surface area contributed by atoms with Gasteiger partial charge in [0, 0.05) is 0 Å². The maximum absolute atomic E-state index is 10.8. The third kappa shape index (κ3) is 19.9. The topological polar surface area (TPSA) is 43.4 Å². The Labute approximate surface area is 139 Å². The van der Waals surface area contributed by atoms with Crippen LogP contribution < -0.4 is 0 Å². The first-order chi connectivity index (χ1) is 10.4. The highest BCUT2D eigenvalue weighted by Gasteiger charge is 2.00. The average molecular weight is 335 g/mol. The minimum absolute atomic E-state index is 0.343. The highest BCUT2D eigenvalue weighted by Crippen LogP contribution is 2.14. The van der Waals surface area contributed by atoms with Crippen LogP contribution in [0.25, 0.3) is 0 Å². The van der Waals surface area contributed by atoms with Crippen molar-refractivity contribution in [2.75, 3.05) is 12.9 Å². The summed E-state index contributed by atoms with van der Waals surface area (Å²) in [6.07, 6.45) is 18.0. The van der Waals surface area contributed by atoms with Gasteiger partial charge < -0.3 is 0 Å². The smallest absolute Gasteiger partial charge is 0.264 e. The van der Waals surface area contributed by atoms with E-state index in [2.05, 4.69) is 13.8 Å². The molecule has 0 aliphatic heterocycles. The highest BCUT2D eigenvalue weighted by molar-refractivity contribution is 7.85. The number of hydrogen-bond donors (Lipinski definition) is 0. The number of hydrogen-bond acceptors (Lipinski definition) is 3. The van der Waals surface area contributed by atoms with Crippen LogP contribution in [0.2, 0.25) is 0 Å². The van der Waals surface area contributed by atoms with E-state index in [0.29, 0.717) is 6.61 Å². The van der Waals surface area contributed by atoms with Crippen molar-refractivity contribution in [3.8, 4) is 0 Å². The van der Waals surface area contributed by atoms with Gasteiger partial charge in [-0.15, -0.1) is 0 Å². The van der Waals surface area contributed by atoms with E-state index in [9.17, 15) is 8.42 Å². The Morgan fingerprint density at radius 2 is 1.05 bits per heavy atom. The molecule has 0 amide bonds. The monoisotopic (exact) mass is 334 g/mol. The lowest BCUT2D eigenvalue weighted by Crippen LogP contribution is -2.03. The fraction of sp³-hybridized carbons (Fsp3) is 1.00. The predicted molar refractivity (Wildman–Crippen MR) is 95.7 cm³/mol. The molecule has 0 aromatic carbocycles. The van der Waals surface area contributed by atoms with Gasteiger partial charge >= 0.3 is 0 Å². The Bertz CT molecular complexity index is 323. The van der Waals surface area contributed by atoms with Crippen molar-refractivity contribution in [3.63, 3.8) is 0 Å². The zero-order valence-electron chi connectivity index (χ0n) is 15.1. The Morgan fingerprint density at radius 3 is 1.41 bits per heavy atom. The van der Waals surface area contributed by atoms with Gasteiger partial charge in [-0.05, 0) is 12.3 Å². The summed E-state index contributed by atoms with van der Waals surface area (Å²) in [4.78, 5) is 0. The van der Waals surface area contributed by atoms with E-state index in [4.69, 9.17) is 4.18 Å². The molecule has 0 heterocycles. The van der Waals surface area contributed by atoms with Gasteiger partial charge in [0.2, 0.25) is 0 Å². The summed E-state index contributed by atoms with van der Waals surface area (Å²) in [6, 6.07) is 0. The van der Waals surface area contributed by atoms with Crippen molar-refractivity contribution in [1.82, 2.24) is 0 Å². The number of rotatable bonds is 16. The molecule has 0 unspecified atom stereocenters. The van der Waals surface area contributed by atoms with Crippen LogP contribution in [0.5, 0.6) is 0 Å². The lowest BCUT2D eigenvalue weighted by atomic mass is 10.0. The second kappa shape index (κ2) is 14.5. The molecule has 134 valence electrons. The minimum Gasteiger partial charge on any atom is -0.270 e. The molecular formula is C18H38O3S. The van der Waals surface area contributed by atoms with Gasteiger partial charge in [0.05, 0.1) is 12.9 Å². The van der Waals surface area contributed by atoms with E-state index in [1.54, 1.807) is 0 Å². The van der Waals surface area contributed by atoms with Crippen LogP contribution in [0, 0.1) is 5.92 Å². The predicted octanol–water partition coefficient (Wildman–Crippen LogP) is 5.69. The molecule has 0 aliphatic carbocycles. The first kappa shape index (κ1) is 21.9. The molecule has 0 aromatic rings. The van der Waals surface area contributed by atoms with Crippen LogP contribution in [-0.4, -0.2) is 21.3 Å². The summed E-state index contributed by atoms with van der Waals surface area (Å²) < 4.78 is 26.2. The molecule has 3 nitrogen and oxygen atoms in total. The van der Waals surface area contributed by atoms with Crippen molar-refractivity contribution in [2.45, 2.75) is 97.3 Å². The standard InChI is InChI=1S/C18H38O3S/c1-18(2)16-14-12-10-8-6-4-5-7-9-11-13-15-17-21-22(3,19)20/h18H,4-17H2,1-3H3. The maximum Gasteiger partial charge on any atom is 0.264 e. The molecule has 0 saturated heterocycles. The Kier molecular flexibility index (Phi) is 14.4. The molecule has 0 spiro atoms. The average Bonchev–Trinajstić information content (AvgIpc) is 2.41. The largest absolute Gasteiger partial charge is 0.270 e. The lowest BCUT2D eigenvalue weighted by molar-refractivity contribution is 0.309. The molecule has 0 atom stereocenters. The molecule has 0 N–H and O–H groups in total. The maximum atomic E-state index is 10.8.